The Labute approximate surface area is 224 Å². The van der Waals surface area contributed by atoms with Crippen LogP contribution in [0.25, 0.3) is 21.9 Å². The number of fused-ring (bicyclic) bond motifs is 1. The SMILES string of the molecule is Cc1ccc(-c2c([C@H](OC(C)(C)C)C(=O)O)c(C)cc3ccc(C#C[C@@](C)(O)c4ccccc4)cc23)cc1. The van der Waals surface area contributed by atoms with Crippen molar-refractivity contribution in [3.8, 4) is 23.0 Å². The Morgan fingerprint density at radius 3 is 2.16 bits per heavy atom. The molecule has 0 aliphatic heterocycles. The van der Waals surface area contributed by atoms with Crippen LogP contribution in [0.4, 0.5) is 0 Å². The molecule has 4 rings (SSSR count). The van der Waals surface area contributed by atoms with E-state index in [1.54, 1.807) is 6.92 Å². The topological polar surface area (TPSA) is 66.8 Å². The van der Waals surface area contributed by atoms with E-state index in [-0.39, 0.29) is 0 Å². The van der Waals surface area contributed by atoms with Crippen molar-refractivity contribution >= 4 is 16.7 Å². The number of carboxylic acids is 1. The molecule has 194 valence electrons. The lowest BCUT2D eigenvalue weighted by Crippen LogP contribution is -2.28. The molecule has 0 aliphatic carbocycles. The fourth-order valence-electron chi connectivity index (χ4n) is 4.61. The number of hydrogen-bond donors (Lipinski definition) is 2. The molecule has 0 saturated heterocycles. The van der Waals surface area contributed by atoms with E-state index in [2.05, 4.69) is 11.8 Å². The normalized spacial score (nSPS) is 13.9. The molecule has 2 atom stereocenters. The predicted octanol–water partition coefficient (Wildman–Crippen LogP) is 7.32. The summed E-state index contributed by atoms with van der Waals surface area (Å²) < 4.78 is 6.11. The molecule has 0 aliphatic rings. The lowest BCUT2D eigenvalue weighted by molar-refractivity contribution is -0.160. The van der Waals surface area contributed by atoms with E-state index in [4.69, 9.17) is 4.74 Å². The van der Waals surface area contributed by atoms with Gasteiger partial charge in [0, 0.05) is 11.1 Å². The Balaban J connectivity index is 1.96. The van der Waals surface area contributed by atoms with Crippen LogP contribution in [-0.2, 0) is 15.1 Å². The van der Waals surface area contributed by atoms with Crippen LogP contribution in [-0.4, -0.2) is 21.8 Å². The smallest absolute Gasteiger partial charge is 0.337 e. The average molecular weight is 507 g/mol. The molecule has 0 spiro atoms. The number of hydrogen-bond acceptors (Lipinski definition) is 3. The van der Waals surface area contributed by atoms with E-state index in [1.807, 2.05) is 113 Å². The lowest BCUT2D eigenvalue weighted by Gasteiger charge is -2.28. The minimum atomic E-state index is -1.32. The van der Waals surface area contributed by atoms with E-state index < -0.39 is 23.3 Å². The van der Waals surface area contributed by atoms with Crippen LogP contribution in [0.1, 0.15) is 61.6 Å². The van der Waals surface area contributed by atoms with Crippen molar-refractivity contribution in [3.05, 3.63) is 107 Å². The van der Waals surface area contributed by atoms with Gasteiger partial charge in [-0.25, -0.2) is 4.79 Å². The van der Waals surface area contributed by atoms with Crippen LogP contribution in [0.2, 0.25) is 0 Å². The molecule has 0 fully saturated rings. The maximum atomic E-state index is 12.5. The molecule has 0 amide bonds. The van der Waals surface area contributed by atoms with E-state index in [9.17, 15) is 15.0 Å². The molecule has 38 heavy (non-hydrogen) atoms. The first kappa shape index (κ1) is 27.1. The van der Waals surface area contributed by atoms with Gasteiger partial charge >= 0.3 is 5.97 Å². The highest BCUT2D eigenvalue weighted by Gasteiger charge is 2.31. The number of carboxylic acid groups (broad SMARTS) is 1. The predicted molar refractivity (Wildman–Crippen MR) is 153 cm³/mol. The van der Waals surface area contributed by atoms with Crippen molar-refractivity contribution in [1.29, 1.82) is 0 Å². The molecule has 0 unspecified atom stereocenters. The zero-order valence-electron chi connectivity index (χ0n) is 22.8. The van der Waals surface area contributed by atoms with Gasteiger partial charge in [0.25, 0.3) is 0 Å². The molecule has 0 aromatic heterocycles. The Kier molecular flexibility index (Phi) is 7.47. The fourth-order valence-corrected chi connectivity index (χ4v) is 4.61. The molecule has 4 aromatic rings. The number of rotatable bonds is 5. The Morgan fingerprint density at radius 1 is 0.895 bits per heavy atom. The van der Waals surface area contributed by atoms with Crippen LogP contribution >= 0.6 is 0 Å². The third-order valence-electron chi connectivity index (χ3n) is 6.47. The van der Waals surface area contributed by atoms with Crippen LogP contribution in [0.15, 0.2) is 78.9 Å². The first-order valence-electron chi connectivity index (χ1n) is 12.7. The minimum absolute atomic E-state index is 0.630. The van der Waals surface area contributed by atoms with E-state index in [1.165, 1.54) is 0 Å². The van der Waals surface area contributed by atoms with Crippen LogP contribution in [0.3, 0.4) is 0 Å². The van der Waals surface area contributed by atoms with Crippen LogP contribution in [0.5, 0.6) is 0 Å². The molecular formula is C34H34O4. The fraction of sp³-hybridized carbons (Fsp3) is 0.265. The molecule has 2 N–H and O–H groups in total. The maximum absolute atomic E-state index is 12.5. The maximum Gasteiger partial charge on any atom is 0.337 e. The summed E-state index contributed by atoms with van der Waals surface area (Å²) in [6, 6.07) is 25.3. The molecule has 0 heterocycles. The molecule has 4 heteroatoms. The third-order valence-corrected chi connectivity index (χ3v) is 6.47. The highest BCUT2D eigenvalue weighted by Crippen LogP contribution is 2.41. The summed E-state index contributed by atoms with van der Waals surface area (Å²) in [5.74, 6) is 5.11. The van der Waals surface area contributed by atoms with Gasteiger partial charge < -0.3 is 14.9 Å². The molecule has 0 bridgehead atoms. The summed E-state index contributed by atoms with van der Waals surface area (Å²) >= 11 is 0. The second kappa shape index (κ2) is 10.5. The Bertz CT molecular complexity index is 1530. The van der Waals surface area contributed by atoms with Gasteiger partial charge in [-0.3, -0.25) is 0 Å². The van der Waals surface area contributed by atoms with Crippen molar-refractivity contribution < 1.29 is 19.7 Å². The van der Waals surface area contributed by atoms with Gasteiger partial charge in [0.1, 0.15) is 5.60 Å². The summed E-state index contributed by atoms with van der Waals surface area (Å²) in [5, 5.41) is 23.1. The second-order valence-electron chi connectivity index (χ2n) is 10.9. The summed E-state index contributed by atoms with van der Waals surface area (Å²) in [5.41, 5.74) is 3.77. The third kappa shape index (κ3) is 5.97. The minimum Gasteiger partial charge on any atom is -0.479 e. The highest BCUT2D eigenvalue weighted by atomic mass is 16.5. The summed E-state index contributed by atoms with van der Waals surface area (Å²) in [4.78, 5) is 12.5. The number of benzene rings is 4. The van der Waals surface area contributed by atoms with Gasteiger partial charge in [0.05, 0.1) is 5.60 Å². The zero-order chi connectivity index (χ0) is 27.7. The van der Waals surface area contributed by atoms with Crippen molar-refractivity contribution in [2.24, 2.45) is 0 Å². The van der Waals surface area contributed by atoms with Gasteiger partial charge in [-0.2, -0.15) is 0 Å². The molecule has 0 saturated carbocycles. The van der Waals surface area contributed by atoms with Gasteiger partial charge in [0.15, 0.2) is 6.10 Å². The molecular weight excluding hydrogens is 472 g/mol. The largest absolute Gasteiger partial charge is 0.479 e. The van der Waals surface area contributed by atoms with Gasteiger partial charge in [0.2, 0.25) is 0 Å². The average Bonchev–Trinajstić information content (AvgIpc) is 2.86. The quantitative estimate of drug-likeness (QED) is 0.278. The Morgan fingerprint density at radius 2 is 1.55 bits per heavy atom. The summed E-state index contributed by atoms with van der Waals surface area (Å²) in [6.45, 7) is 11.2. The van der Waals surface area contributed by atoms with Gasteiger partial charge in [-0.1, -0.05) is 84.1 Å². The standard InChI is InChI=1S/C34H34O4/c1-22-12-15-25(16-13-22)30-28-21-24(18-19-34(6,37)27-10-8-7-9-11-27)14-17-26(28)20-23(2)29(30)31(32(35)36)38-33(3,4)5/h7-17,20-21,31,37H,1-6H3,(H,35,36)/t31-,34+/m0/s1. The number of ether oxygens (including phenoxy) is 1. The second-order valence-corrected chi connectivity index (χ2v) is 10.9. The van der Waals surface area contributed by atoms with Gasteiger partial charge in [-0.05, 0) is 86.7 Å². The van der Waals surface area contributed by atoms with Crippen LogP contribution in [0, 0.1) is 25.7 Å². The number of aryl methyl sites for hydroxylation is 2. The molecule has 4 aromatic carbocycles. The van der Waals surface area contributed by atoms with Crippen molar-refractivity contribution in [2.75, 3.05) is 0 Å². The monoisotopic (exact) mass is 506 g/mol. The first-order valence-corrected chi connectivity index (χ1v) is 12.7. The van der Waals surface area contributed by atoms with Crippen molar-refractivity contribution in [3.63, 3.8) is 0 Å². The van der Waals surface area contributed by atoms with E-state index in [0.29, 0.717) is 5.56 Å². The van der Waals surface area contributed by atoms with E-state index in [0.717, 1.165) is 44.2 Å². The molecule has 4 nitrogen and oxygen atoms in total. The van der Waals surface area contributed by atoms with Crippen molar-refractivity contribution in [2.45, 2.75) is 58.8 Å². The summed E-state index contributed by atoms with van der Waals surface area (Å²) in [7, 11) is 0. The highest BCUT2D eigenvalue weighted by molar-refractivity contribution is 6.01. The van der Waals surface area contributed by atoms with E-state index >= 15 is 0 Å². The number of aliphatic carboxylic acids is 1. The molecule has 0 radical (unpaired) electrons. The first-order chi connectivity index (χ1) is 17.9. The number of aliphatic hydroxyl groups is 1. The zero-order valence-corrected chi connectivity index (χ0v) is 22.8. The van der Waals surface area contributed by atoms with Crippen LogP contribution < -0.4 is 0 Å². The summed E-state index contributed by atoms with van der Waals surface area (Å²) in [6.07, 6.45) is -1.15. The lowest BCUT2D eigenvalue weighted by atomic mass is 9.86. The van der Waals surface area contributed by atoms with Crippen molar-refractivity contribution in [1.82, 2.24) is 0 Å². The number of carbonyl (C=O) groups is 1. The Hall–Kier alpha value is -3.91. The van der Waals surface area contributed by atoms with Gasteiger partial charge in [-0.15, -0.1) is 0 Å².